The molecule has 1 spiro atoms. The molecule has 2 saturated carbocycles. The molecule has 2 aliphatic carbocycles. The Labute approximate surface area is 99.8 Å². The molecule has 92 valence electrons. The standard InChI is InChI=1S/C14H26N2/c1-12-10-15-14(7-2-3-8-14)11-16(12)9-6-13-4-5-13/h12-13,15H,2-11H2,1H3. The van der Waals surface area contributed by atoms with Crippen LogP contribution in [-0.2, 0) is 0 Å². The van der Waals surface area contributed by atoms with Crippen molar-refractivity contribution in [3.63, 3.8) is 0 Å². The Morgan fingerprint density at radius 3 is 2.69 bits per heavy atom. The number of piperazine rings is 1. The molecule has 3 fully saturated rings. The number of rotatable bonds is 3. The average molecular weight is 222 g/mol. The van der Waals surface area contributed by atoms with Crippen LogP contribution >= 0.6 is 0 Å². The molecule has 0 aromatic rings. The molecule has 1 unspecified atom stereocenters. The zero-order valence-electron chi connectivity index (χ0n) is 10.7. The first-order valence-corrected chi connectivity index (χ1v) is 7.27. The highest BCUT2D eigenvalue weighted by atomic mass is 15.2. The van der Waals surface area contributed by atoms with Crippen molar-refractivity contribution in [2.24, 2.45) is 5.92 Å². The van der Waals surface area contributed by atoms with Gasteiger partial charge >= 0.3 is 0 Å². The first kappa shape index (κ1) is 11.0. The van der Waals surface area contributed by atoms with E-state index in [0.29, 0.717) is 5.54 Å². The summed E-state index contributed by atoms with van der Waals surface area (Å²) >= 11 is 0. The summed E-state index contributed by atoms with van der Waals surface area (Å²) in [6, 6.07) is 0.755. The van der Waals surface area contributed by atoms with Gasteiger partial charge in [-0.05, 0) is 38.6 Å². The van der Waals surface area contributed by atoms with Crippen LogP contribution < -0.4 is 5.32 Å². The second-order valence-corrected chi connectivity index (χ2v) is 6.42. The van der Waals surface area contributed by atoms with E-state index in [-0.39, 0.29) is 0 Å². The highest BCUT2D eigenvalue weighted by molar-refractivity contribution is 5.00. The van der Waals surface area contributed by atoms with Crippen molar-refractivity contribution in [2.75, 3.05) is 19.6 Å². The molecule has 0 radical (unpaired) electrons. The summed E-state index contributed by atoms with van der Waals surface area (Å²) < 4.78 is 0. The fourth-order valence-electron chi connectivity index (χ4n) is 3.53. The topological polar surface area (TPSA) is 15.3 Å². The lowest BCUT2D eigenvalue weighted by atomic mass is 9.92. The van der Waals surface area contributed by atoms with Crippen LogP contribution in [0.5, 0.6) is 0 Å². The van der Waals surface area contributed by atoms with E-state index in [1.54, 1.807) is 0 Å². The minimum Gasteiger partial charge on any atom is -0.308 e. The summed E-state index contributed by atoms with van der Waals surface area (Å²) in [5, 5.41) is 3.84. The maximum Gasteiger partial charge on any atom is 0.0309 e. The third kappa shape index (κ3) is 2.28. The van der Waals surface area contributed by atoms with Gasteiger partial charge in [0.25, 0.3) is 0 Å². The van der Waals surface area contributed by atoms with E-state index in [1.165, 1.54) is 64.6 Å². The molecule has 2 heteroatoms. The smallest absolute Gasteiger partial charge is 0.0309 e. The van der Waals surface area contributed by atoms with Crippen LogP contribution in [0.1, 0.15) is 51.9 Å². The normalized spacial score (nSPS) is 34.7. The molecule has 0 aromatic carbocycles. The van der Waals surface area contributed by atoms with Gasteiger partial charge in [-0.3, -0.25) is 4.90 Å². The number of hydrogen-bond acceptors (Lipinski definition) is 2. The third-order valence-corrected chi connectivity index (χ3v) is 4.98. The second kappa shape index (κ2) is 4.30. The van der Waals surface area contributed by atoms with E-state index >= 15 is 0 Å². The summed E-state index contributed by atoms with van der Waals surface area (Å²) in [5.74, 6) is 1.08. The lowest BCUT2D eigenvalue weighted by Crippen LogP contribution is -2.62. The Hall–Kier alpha value is -0.0800. The monoisotopic (exact) mass is 222 g/mol. The van der Waals surface area contributed by atoms with Crippen molar-refractivity contribution in [2.45, 2.75) is 63.5 Å². The van der Waals surface area contributed by atoms with Crippen molar-refractivity contribution in [3.8, 4) is 0 Å². The quantitative estimate of drug-likeness (QED) is 0.789. The lowest BCUT2D eigenvalue weighted by molar-refractivity contribution is 0.0867. The van der Waals surface area contributed by atoms with Crippen LogP contribution in [0.4, 0.5) is 0 Å². The third-order valence-electron chi connectivity index (χ3n) is 4.98. The first-order chi connectivity index (χ1) is 7.77. The summed E-state index contributed by atoms with van der Waals surface area (Å²) in [7, 11) is 0. The van der Waals surface area contributed by atoms with Gasteiger partial charge in [0, 0.05) is 24.7 Å². The van der Waals surface area contributed by atoms with Gasteiger partial charge in [0.15, 0.2) is 0 Å². The molecule has 0 aromatic heterocycles. The van der Waals surface area contributed by atoms with Gasteiger partial charge < -0.3 is 5.32 Å². The Morgan fingerprint density at radius 1 is 1.25 bits per heavy atom. The van der Waals surface area contributed by atoms with Gasteiger partial charge in [-0.25, -0.2) is 0 Å². The van der Waals surface area contributed by atoms with Crippen molar-refractivity contribution < 1.29 is 0 Å². The molecule has 3 aliphatic rings. The molecule has 16 heavy (non-hydrogen) atoms. The van der Waals surface area contributed by atoms with E-state index in [4.69, 9.17) is 0 Å². The molecular formula is C14H26N2. The first-order valence-electron chi connectivity index (χ1n) is 7.27. The fourth-order valence-corrected chi connectivity index (χ4v) is 3.53. The van der Waals surface area contributed by atoms with E-state index in [9.17, 15) is 0 Å². The highest BCUT2D eigenvalue weighted by Gasteiger charge is 2.39. The van der Waals surface area contributed by atoms with Gasteiger partial charge in [-0.2, -0.15) is 0 Å². The van der Waals surface area contributed by atoms with Crippen LogP contribution in [-0.4, -0.2) is 36.1 Å². The average Bonchev–Trinajstić information content (AvgIpc) is 3.01. The maximum absolute atomic E-state index is 3.84. The van der Waals surface area contributed by atoms with Crippen molar-refractivity contribution in [1.82, 2.24) is 10.2 Å². The van der Waals surface area contributed by atoms with Crippen molar-refractivity contribution in [1.29, 1.82) is 0 Å². The summed E-state index contributed by atoms with van der Waals surface area (Å²) in [6.45, 7) is 6.28. The molecule has 0 amide bonds. The Kier molecular flexibility index (Phi) is 2.97. The molecule has 1 aliphatic heterocycles. The predicted octanol–water partition coefficient (Wildman–Crippen LogP) is 2.39. The molecule has 1 saturated heterocycles. The zero-order valence-corrected chi connectivity index (χ0v) is 10.7. The van der Waals surface area contributed by atoms with Gasteiger partial charge in [0.2, 0.25) is 0 Å². The molecule has 3 rings (SSSR count). The number of hydrogen-bond donors (Lipinski definition) is 1. The molecule has 1 heterocycles. The minimum absolute atomic E-state index is 0.510. The largest absolute Gasteiger partial charge is 0.308 e. The summed E-state index contributed by atoms with van der Waals surface area (Å²) in [5.41, 5.74) is 0.510. The van der Waals surface area contributed by atoms with Gasteiger partial charge in [-0.1, -0.05) is 25.7 Å². The Balaban J connectivity index is 1.56. The summed E-state index contributed by atoms with van der Waals surface area (Å²) in [4.78, 5) is 2.76. The van der Waals surface area contributed by atoms with Crippen LogP contribution in [0.15, 0.2) is 0 Å². The fraction of sp³-hybridized carbons (Fsp3) is 1.00. The maximum atomic E-state index is 3.84. The molecular weight excluding hydrogens is 196 g/mol. The molecule has 2 nitrogen and oxygen atoms in total. The van der Waals surface area contributed by atoms with E-state index in [0.717, 1.165) is 12.0 Å². The minimum atomic E-state index is 0.510. The zero-order chi connectivity index (χ0) is 11.0. The molecule has 0 bridgehead atoms. The van der Waals surface area contributed by atoms with Crippen LogP contribution in [0.2, 0.25) is 0 Å². The van der Waals surface area contributed by atoms with E-state index in [2.05, 4.69) is 17.1 Å². The van der Waals surface area contributed by atoms with Gasteiger partial charge in [0.05, 0.1) is 0 Å². The Bertz CT molecular complexity index is 241. The SMILES string of the molecule is CC1CNC2(CCCC2)CN1CCC1CC1. The highest BCUT2D eigenvalue weighted by Crippen LogP contribution is 2.35. The number of nitrogens with one attached hydrogen (secondary N) is 1. The second-order valence-electron chi connectivity index (χ2n) is 6.42. The van der Waals surface area contributed by atoms with Gasteiger partial charge in [-0.15, -0.1) is 0 Å². The predicted molar refractivity (Wildman–Crippen MR) is 67.6 cm³/mol. The number of nitrogens with zero attached hydrogens (tertiary/aromatic N) is 1. The summed E-state index contributed by atoms with van der Waals surface area (Å²) in [6.07, 6.45) is 10.2. The van der Waals surface area contributed by atoms with Crippen LogP contribution in [0.25, 0.3) is 0 Å². The van der Waals surface area contributed by atoms with Crippen LogP contribution in [0, 0.1) is 5.92 Å². The van der Waals surface area contributed by atoms with Crippen LogP contribution in [0.3, 0.4) is 0 Å². The molecule has 1 N–H and O–H groups in total. The van der Waals surface area contributed by atoms with Gasteiger partial charge in [0.1, 0.15) is 0 Å². The van der Waals surface area contributed by atoms with Crippen molar-refractivity contribution >= 4 is 0 Å². The lowest BCUT2D eigenvalue weighted by Gasteiger charge is -2.45. The Morgan fingerprint density at radius 2 is 2.00 bits per heavy atom. The van der Waals surface area contributed by atoms with Crippen molar-refractivity contribution in [3.05, 3.63) is 0 Å². The van der Waals surface area contributed by atoms with E-state index < -0.39 is 0 Å². The molecule has 1 atom stereocenters. The van der Waals surface area contributed by atoms with E-state index in [1.807, 2.05) is 0 Å².